The van der Waals surface area contributed by atoms with E-state index in [2.05, 4.69) is 27.7 Å². The number of nitrogens with zero attached hydrogens (tertiary/aromatic N) is 1. The zero-order chi connectivity index (χ0) is 20.8. The molecule has 30 heavy (non-hydrogen) atoms. The van der Waals surface area contributed by atoms with Crippen LogP contribution in [0.3, 0.4) is 0 Å². The Morgan fingerprint density at radius 2 is 1.50 bits per heavy atom. The van der Waals surface area contributed by atoms with Crippen LogP contribution in [0.2, 0.25) is 0 Å². The number of carbonyl (C=O) groups is 2. The first-order valence-corrected chi connectivity index (χ1v) is 10.6. The van der Waals surface area contributed by atoms with Gasteiger partial charge in [-0.3, -0.25) is 9.59 Å². The van der Waals surface area contributed by atoms with Crippen LogP contribution in [-0.4, -0.2) is 31.4 Å². The van der Waals surface area contributed by atoms with Gasteiger partial charge in [0, 0.05) is 30.0 Å². The molecule has 4 rings (SSSR count). The number of benzene rings is 3. The molecule has 154 valence electrons. The number of fused-ring (bicyclic) bond motifs is 1. The van der Waals surface area contributed by atoms with E-state index < -0.39 is 0 Å². The fourth-order valence-corrected chi connectivity index (χ4v) is 3.88. The first kappa shape index (κ1) is 20.0. The first-order chi connectivity index (χ1) is 14.7. The van der Waals surface area contributed by atoms with Crippen molar-refractivity contribution in [2.75, 3.05) is 29.9 Å². The zero-order valence-corrected chi connectivity index (χ0v) is 17.1. The van der Waals surface area contributed by atoms with Gasteiger partial charge in [-0.15, -0.1) is 0 Å². The van der Waals surface area contributed by atoms with E-state index >= 15 is 0 Å². The summed E-state index contributed by atoms with van der Waals surface area (Å²) in [5, 5.41) is 7.62. The number of anilines is 2. The van der Waals surface area contributed by atoms with Gasteiger partial charge in [0.2, 0.25) is 5.91 Å². The third-order valence-corrected chi connectivity index (χ3v) is 5.54. The zero-order valence-electron chi connectivity index (χ0n) is 17.1. The van der Waals surface area contributed by atoms with Gasteiger partial charge in [-0.1, -0.05) is 43.2 Å². The molecule has 1 saturated heterocycles. The van der Waals surface area contributed by atoms with E-state index in [1.54, 1.807) is 6.07 Å². The summed E-state index contributed by atoms with van der Waals surface area (Å²) in [4.78, 5) is 27.1. The monoisotopic (exact) mass is 401 g/mol. The van der Waals surface area contributed by atoms with E-state index in [1.165, 1.54) is 31.4 Å². The lowest BCUT2D eigenvalue weighted by Gasteiger charge is -2.22. The lowest BCUT2D eigenvalue weighted by molar-refractivity contribution is -0.115. The average molecular weight is 402 g/mol. The summed E-state index contributed by atoms with van der Waals surface area (Å²) in [6.07, 6.45) is 5.07. The molecule has 5 nitrogen and oxygen atoms in total. The normalized spacial score (nSPS) is 14.2. The third kappa shape index (κ3) is 4.98. The summed E-state index contributed by atoms with van der Waals surface area (Å²) in [5.41, 5.74) is 2.47. The van der Waals surface area contributed by atoms with Crippen LogP contribution in [0.4, 0.5) is 11.4 Å². The average Bonchev–Trinajstić information content (AvgIpc) is 3.07. The highest BCUT2D eigenvalue weighted by Gasteiger charge is 2.11. The van der Waals surface area contributed by atoms with Crippen LogP contribution < -0.4 is 15.5 Å². The summed E-state index contributed by atoms with van der Waals surface area (Å²) in [5.74, 6) is -0.501. The molecule has 0 atom stereocenters. The van der Waals surface area contributed by atoms with Crippen molar-refractivity contribution >= 4 is 34.0 Å². The molecule has 0 saturated carbocycles. The maximum absolute atomic E-state index is 12.4. The van der Waals surface area contributed by atoms with Gasteiger partial charge in [0.05, 0.1) is 6.54 Å². The predicted molar refractivity (Wildman–Crippen MR) is 122 cm³/mol. The summed E-state index contributed by atoms with van der Waals surface area (Å²) >= 11 is 0. The van der Waals surface area contributed by atoms with E-state index in [9.17, 15) is 9.59 Å². The first-order valence-electron chi connectivity index (χ1n) is 10.6. The summed E-state index contributed by atoms with van der Waals surface area (Å²) in [6, 6.07) is 21.3. The van der Waals surface area contributed by atoms with Crippen LogP contribution in [0.15, 0.2) is 66.7 Å². The van der Waals surface area contributed by atoms with Crippen molar-refractivity contribution < 1.29 is 9.59 Å². The maximum Gasteiger partial charge on any atom is 0.251 e. The van der Waals surface area contributed by atoms with Crippen LogP contribution in [-0.2, 0) is 4.79 Å². The van der Waals surface area contributed by atoms with Crippen LogP contribution >= 0.6 is 0 Å². The molecule has 3 aromatic rings. The smallest absolute Gasteiger partial charge is 0.251 e. The molecule has 1 aliphatic rings. The maximum atomic E-state index is 12.4. The molecule has 1 fully saturated rings. The van der Waals surface area contributed by atoms with Gasteiger partial charge in [-0.2, -0.15) is 0 Å². The summed E-state index contributed by atoms with van der Waals surface area (Å²) < 4.78 is 0. The minimum atomic E-state index is -0.257. The minimum absolute atomic E-state index is 0.0699. The van der Waals surface area contributed by atoms with Gasteiger partial charge in [-0.25, -0.2) is 0 Å². The van der Waals surface area contributed by atoms with E-state index in [1.807, 2.05) is 48.5 Å². The van der Waals surface area contributed by atoms with Crippen molar-refractivity contribution in [1.82, 2.24) is 5.32 Å². The fraction of sp³-hybridized carbons (Fsp3) is 0.280. The number of hydrogen-bond donors (Lipinski definition) is 2. The lowest BCUT2D eigenvalue weighted by Crippen LogP contribution is -2.32. The van der Waals surface area contributed by atoms with E-state index in [4.69, 9.17) is 0 Å². The Morgan fingerprint density at radius 1 is 0.800 bits per heavy atom. The van der Waals surface area contributed by atoms with E-state index in [-0.39, 0.29) is 18.4 Å². The van der Waals surface area contributed by atoms with E-state index in [0.717, 1.165) is 29.5 Å². The number of rotatable bonds is 5. The Morgan fingerprint density at radius 3 is 2.23 bits per heavy atom. The summed E-state index contributed by atoms with van der Waals surface area (Å²) in [6.45, 7) is 2.11. The number of nitrogens with one attached hydrogen (secondary N) is 2. The molecule has 1 aliphatic heterocycles. The van der Waals surface area contributed by atoms with Gasteiger partial charge in [-0.05, 0) is 60.0 Å². The van der Waals surface area contributed by atoms with Gasteiger partial charge >= 0.3 is 0 Å². The van der Waals surface area contributed by atoms with Crippen LogP contribution in [0.1, 0.15) is 36.0 Å². The Balaban J connectivity index is 1.30. The highest BCUT2D eigenvalue weighted by molar-refractivity contribution is 6.01. The second-order valence-electron chi connectivity index (χ2n) is 7.74. The Kier molecular flexibility index (Phi) is 6.28. The van der Waals surface area contributed by atoms with Crippen molar-refractivity contribution in [1.29, 1.82) is 0 Å². The molecule has 5 heteroatoms. The summed E-state index contributed by atoms with van der Waals surface area (Å²) in [7, 11) is 0. The molecule has 2 amide bonds. The van der Waals surface area contributed by atoms with E-state index in [0.29, 0.717) is 5.56 Å². The third-order valence-electron chi connectivity index (χ3n) is 5.54. The quantitative estimate of drug-likeness (QED) is 0.657. The lowest BCUT2D eigenvalue weighted by atomic mass is 10.1. The van der Waals surface area contributed by atoms with Gasteiger partial charge in [0.1, 0.15) is 0 Å². The second kappa shape index (κ2) is 9.44. The Bertz CT molecular complexity index is 1020. The van der Waals surface area contributed by atoms with Crippen molar-refractivity contribution in [3.05, 3.63) is 72.3 Å². The molecule has 0 spiro atoms. The molecular weight excluding hydrogens is 374 g/mol. The SMILES string of the molecule is O=C(CNC(=O)c1ccc2ccccc2c1)Nc1ccc(N2CCCCCC2)cc1. The van der Waals surface area contributed by atoms with Crippen molar-refractivity contribution in [3.8, 4) is 0 Å². The molecule has 0 unspecified atom stereocenters. The topological polar surface area (TPSA) is 61.4 Å². The van der Waals surface area contributed by atoms with Gasteiger partial charge in [0.25, 0.3) is 5.91 Å². The Labute approximate surface area is 177 Å². The highest BCUT2D eigenvalue weighted by Crippen LogP contribution is 2.21. The van der Waals surface area contributed by atoms with Crippen molar-refractivity contribution in [2.24, 2.45) is 0 Å². The number of carbonyl (C=O) groups excluding carboxylic acids is 2. The standard InChI is InChI=1S/C25H27N3O2/c29-24(18-26-25(30)21-10-9-19-7-3-4-8-20(19)17-21)27-22-11-13-23(14-12-22)28-15-5-1-2-6-16-28/h3-4,7-14,17H,1-2,5-6,15-16,18H2,(H,26,30)(H,27,29). The second-order valence-corrected chi connectivity index (χ2v) is 7.74. The molecule has 0 aliphatic carbocycles. The van der Waals surface area contributed by atoms with Gasteiger partial charge in [0.15, 0.2) is 0 Å². The Hall–Kier alpha value is -3.34. The molecule has 2 N–H and O–H groups in total. The van der Waals surface area contributed by atoms with Crippen LogP contribution in [0, 0.1) is 0 Å². The minimum Gasteiger partial charge on any atom is -0.372 e. The number of amides is 2. The van der Waals surface area contributed by atoms with Gasteiger partial charge < -0.3 is 15.5 Å². The van der Waals surface area contributed by atoms with Crippen LogP contribution in [0.25, 0.3) is 10.8 Å². The fourth-order valence-electron chi connectivity index (χ4n) is 3.88. The molecule has 0 aromatic heterocycles. The predicted octanol–water partition coefficient (Wildman–Crippen LogP) is 4.59. The molecule has 0 bridgehead atoms. The van der Waals surface area contributed by atoms with Crippen molar-refractivity contribution in [2.45, 2.75) is 25.7 Å². The van der Waals surface area contributed by atoms with Crippen LogP contribution in [0.5, 0.6) is 0 Å². The highest BCUT2D eigenvalue weighted by atomic mass is 16.2. The largest absolute Gasteiger partial charge is 0.372 e. The van der Waals surface area contributed by atoms with Crippen molar-refractivity contribution in [3.63, 3.8) is 0 Å². The number of hydrogen-bond acceptors (Lipinski definition) is 3. The molecule has 1 heterocycles. The molecule has 3 aromatic carbocycles. The molecule has 0 radical (unpaired) electrons. The molecular formula is C25H27N3O2.